The van der Waals surface area contributed by atoms with Crippen molar-refractivity contribution >= 4 is 40.6 Å². The highest BCUT2D eigenvalue weighted by atomic mass is 32.1. The molecule has 8 nitrogen and oxygen atoms in total. The number of hydrogen-bond donors (Lipinski definition) is 2. The Balaban J connectivity index is 1.86. The van der Waals surface area contributed by atoms with Crippen LogP contribution in [0.15, 0.2) is 36.9 Å². The van der Waals surface area contributed by atoms with Crippen molar-refractivity contribution in [3.05, 3.63) is 58.5 Å². The van der Waals surface area contributed by atoms with Crippen LogP contribution in [0.4, 0.5) is 5.13 Å². The molecule has 0 radical (unpaired) electrons. The number of aromatic amines is 1. The molecular weight excluding hydrogens is 398 g/mol. The maximum Gasteiger partial charge on any atom is 0.337 e. The summed E-state index contributed by atoms with van der Waals surface area (Å²) in [5, 5.41) is 10.2. The van der Waals surface area contributed by atoms with Crippen LogP contribution in [0.2, 0.25) is 0 Å². The van der Waals surface area contributed by atoms with E-state index in [0.717, 1.165) is 4.88 Å². The summed E-state index contributed by atoms with van der Waals surface area (Å²) < 4.78 is 6.96. The minimum absolute atomic E-state index is 0.297. The van der Waals surface area contributed by atoms with Crippen molar-refractivity contribution in [2.24, 2.45) is 0 Å². The van der Waals surface area contributed by atoms with Crippen LogP contribution in [0.5, 0.6) is 0 Å². The average Bonchev–Trinajstić information content (AvgIpc) is 3.23. The molecule has 0 atom stereocenters. The molecule has 0 aliphatic heterocycles. The summed E-state index contributed by atoms with van der Waals surface area (Å²) in [5.41, 5.74) is 1.33. The number of rotatable bonds is 6. The molecule has 0 spiro atoms. The van der Waals surface area contributed by atoms with Crippen molar-refractivity contribution in [3.63, 3.8) is 0 Å². The lowest BCUT2D eigenvalue weighted by Crippen LogP contribution is -2.13. The van der Waals surface area contributed by atoms with Gasteiger partial charge < -0.3 is 4.74 Å². The lowest BCUT2D eigenvalue weighted by Gasteiger charge is -2.04. The molecule has 3 rings (SSSR count). The molecule has 0 bridgehead atoms. The van der Waals surface area contributed by atoms with Gasteiger partial charge in [-0.2, -0.15) is 5.10 Å². The van der Waals surface area contributed by atoms with Gasteiger partial charge >= 0.3 is 5.97 Å². The number of ether oxygens (including phenoxy) is 1. The molecule has 28 heavy (non-hydrogen) atoms. The average molecular weight is 416 g/mol. The standard InChI is InChI=1S/C18H17N5O3S2/c1-4-8-23-14(21-22-18(23)27)13-10(2)19-17(28-13)20-15(24)11-6-5-7-12(9-11)16(25)26-3/h4-7,9H,1,8H2,2-3H3,(H,22,27)(H,19,20,24). The van der Waals surface area contributed by atoms with E-state index < -0.39 is 5.97 Å². The number of aromatic nitrogens is 4. The van der Waals surface area contributed by atoms with Gasteiger partial charge in [0, 0.05) is 12.1 Å². The Kier molecular flexibility index (Phi) is 5.81. The Bertz CT molecular complexity index is 1110. The van der Waals surface area contributed by atoms with Gasteiger partial charge in [-0.15, -0.1) is 6.58 Å². The lowest BCUT2D eigenvalue weighted by molar-refractivity contribution is 0.0600. The third-order valence-electron chi connectivity index (χ3n) is 3.84. The van der Waals surface area contributed by atoms with Crippen LogP contribution in [-0.4, -0.2) is 38.7 Å². The second-order valence-electron chi connectivity index (χ2n) is 5.71. The SMILES string of the molecule is C=CCn1c(-c2sc(NC(=O)c3cccc(C(=O)OC)c3)nc2C)n[nH]c1=S. The largest absolute Gasteiger partial charge is 0.465 e. The number of carbonyl (C=O) groups excluding carboxylic acids is 2. The molecule has 0 saturated heterocycles. The number of thiazole rings is 1. The predicted octanol–water partition coefficient (Wildman–Crippen LogP) is 3.60. The fourth-order valence-corrected chi connectivity index (χ4v) is 3.69. The van der Waals surface area contributed by atoms with Crippen LogP contribution in [0.3, 0.4) is 0 Å². The Morgan fingerprint density at radius 2 is 2.18 bits per heavy atom. The van der Waals surface area contributed by atoms with Gasteiger partial charge in [0.2, 0.25) is 0 Å². The monoisotopic (exact) mass is 415 g/mol. The summed E-state index contributed by atoms with van der Waals surface area (Å²) >= 11 is 6.52. The molecule has 144 valence electrons. The van der Waals surface area contributed by atoms with E-state index in [1.807, 2.05) is 6.92 Å². The Morgan fingerprint density at radius 3 is 2.89 bits per heavy atom. The van der Waals surface area contributed by atoms with Crippen molar-refractivity contribution in [2.75, 3.05) is 12.4 Å². The van der Waals surface area contributed by atoms with Crippen molar-refractivity contribution in [3.8, 4) is 10.7 Å². The van der Waals surface area contributed by atoms with Crippen LogP contribution in [-0.2, 0) is 11.3 Å². The van der Waals surface area contributed by atoms with Gasteiger partial charge in [0.1, 0.15) is 0 Å². The van der Waals surface area contributed by atoms with Crippen molar-refractivity contribution in [2.45, 2.75) is 13.5 Å². The van der Waals surface area contributed by atoms with Crippen LogP contribution >= 0.6 is 23.6 Å². The first-order valence-corrected chi connectivity index (χ1v) is 9.40. The molecular formula is C18H17N5O3S2. The molecule has 1 aromatic carbocycles. The maximum atomic E-state index is 12.6. The van der Waals surface area contributed by atoms with Gasteiger partial charge in [0.25, 0.3) is 5.91 Å². The van der Waals surface area contributed by atoms with Crippen molar-refractivity contribution < 1.29 is 14.3 Å². The molecule has 0 aliphatic rings. The van der Waals surface area contributed by atoms with Crippen LogP contribution < -0.4 is 5.32 Å². The van der Waals surface area contributed by atoms with Gasteiger partial charge in [-0.25, -0.2) is 9.78 Å². The highest BCUT2D eigenvalue weighted by molar-refractivity contribution is 7.71. The molecule has 3 aromatic rings. The number of esters is 1. The maximum absolute atomic E-state index is 12.6. The zero-order chi connectivity index (χ0) is 20.3. The smallest absolute Gasteiger partial charge is 0.337 e. The topological polar surface area (TPSA) is 102 Å². The third-order valence-corrected chi connectivity index (χ3v) is 5.22. The molecule has 0 fully saturated rings. The number of aryl methyl sites for hydroxylation is 1. The first-order valence-electron chi connectivity index (χ1n) is 8.18. The zero-order valence-electron chi connectivity index (χ0n) is 15.2. The van der Waals surface area contributed by atoms with Gasteiger partial charge in [-0.05, 0) is 37.3 Å². The molecule has 0 aliphatic carbocycles. The number of nitrogens with one attached hydrogen (secondary N) is 2. The second-order valence-corrected chi connectivity index (χ2v) is 7.10. The summed E-state index contributed by atoms with van der Waals surface area (Å²) in [4.78, 5) is 29.4. The minimum Gasteiger partial charge on any atom is -0.465 e. The van der Waals surface area contributed by atoms with Crippen LogP contribution in [0.1, 0.15) is 26.4 Å². The number of H-pyrrole nitrogens is 1. The number of allylic oxidation sites excluding steroid dienone is 1. The minimum atomic E-state index is -0.507. The van der Waals surface area contributed by atoms with E-state index >= 15 is 0 Å². The lowest BCUT2D eigenvalue weighted by atomic mass is 10.1. The number of benzene rings is 1. The van der Waals surface area contributed by atoms with E-state index in [2.05, 4.69) is 31.8 Å². The second kappa shape index (κ2) is 8.28. The van der Waals surface area contributed by atoms with Gasteiger partial charge in [0.05, 0.1) is 23.2 Å². The number of nitrogens with zero attached hydrogens (tertiary/aromatic N) is 3. The number of amides is 1. The molecule has 2 N–H and O–H groups in total. The normalized spacial score (nSPS) is 10.5. The highest BCUT2D eigenvalue weighted by Crippen LogP contribution is 2.32. The predicted molar refractivity (Wildman–Crippen MR) is 109 cm³/mol. The van der Waals surface area contributed by atoms with E-state index in [9.17, 15) is 9.59 Å². The molecule has 10 heteroatoms. The fourth-order valence-electron chi connectivity index (χ4n) is 2.52. The summed E-state index contributed by atoms with van der Waals surface area (Å²) in [7, 11) is 1.29. The Morgan fingerprint density at radius 1 is 1.43 bits per heavy atom. The zero-order valence-corrected chi connectivity index (χ0v) is 16.8. The van der Waals surface area contributed by atoms with Crippen molar-refractivity contribution in [1.29, 1.82) is 0 Å². The molecule has 1 amide bonds. The quantitative estimate of drug-likeness (QED) is 0.362. The molecule has 2 heterocycles. The summed E-state index contributed by atoms with van der Waals surface area (Å²) in [6.07, 6.45) is 1.72. The van der Waals surface area contributed by atoms with Gasteiger partial charge in [-0.3, -0.25) is 19.8 Å². The van der Waals surface area contributed by atoms with Gasteiger partial charge in [0.15, 0.2) is 15.7 Å². The molecule has 0 unspecified atom stereocenters. The first kappa shape index (κ1) is 19.6. The molecule has 0 saturated carbocycles. The summed E-state index contributed by atoms with van der Waals surface area (Å²) in [6, 6.07) is 6.28. The summed E-state index contributed by atoms with van der Waals surface area (Å²) in [5.74, 6) is -0.254. The Hall–Kier alpha value is -3.11. The van der Waals surface area contributed by atoms with E-state index in [0.29, 0.717) is 39.1 Å². The van der Waals surface area contributed by atoms with E-state index in [4.69, 9.17) is 12.2 Å². The highest BCUT2D eigenvalue weighted by Gasteiger charge is 2.18. The van der Waals surface area contributed by atoms with E-state index in [-0.39, 0.29) is 5.91 Å². The number of carbonyl (C=O) groups is 2. The number of hydrogen-bond acceptors (Lipinski definition) is 7. The van der Waals surface area contributed by atoms with Crippen LogP contribution in [0.25, 0.3) is 10.7 Å². The summed E-state index contributed by atoms with van der Waals surface area (Å²) in [6.45, 7) is 6.06. The van der Waals surface area contributed by atoms with Crippen LogP contribution in [0, 0.1) is 11.7 Å². The first-order chi connectivity index (χ1) is 13.4. The third kappa shape index (κ3) is 3.92. The van der Waals surface area contributed by atoms with E-state index in [1.165, 1.54) is 24.5 Å². The fraction of sp³-hybridized carbons (Fsp3) is 0.167. The Labute approximate surface area is 169 Å². The van der Waals surface area contributed by atoms with E-state index in [1.54, 1.807) is 28.8 Å². The number of anilines is 1. The van der Waals surface area contributed by atoms with Gasteiger partial charge in [-0.1, -0.05) is 23.5 Å². The van der Waals surface area contributed by atoms with Crippen molar-refractivity contribution in [1.82, 2.24) is 19.7 Å². The molecule has 2 aromatic heterocycles. The number of methoxy groups -OCH3 is 1.